The minimum Gasteiger partial charge on any atom is -0.466 e. The van der Waals surface area contributed by atoms with Gasteiger partial charge in [0, 0.05) is 17.9 Å². The van der Waals surface area contributed by atoms with Crippen molar-refractivity contribution >= 4 is 23.8 Å². The summed E-state index contributed by atoms with van der Waals surface area (Å²) in [6, 6.07) is 8.55. The largest absolute Gasteiger partial charge is 0.466 e. The molecule has 1 aliphatic rings. The van der Waals surface area contributed by atoms with Crippen LogP contribution in [0.15, 0.2) is 30.3 Å². The van der Waals surface area contributed by atoms with Crippen LogP contribution in [-0.4, -0.2) is 48.4 Å². The molecule has 0 saturated carbocycles. The van der Waals surface area contributed by atoms with E-state index in [0.717, 1.165) is 4.90 Å². The van der Waals surface area contributed by atoms with E-state index in [1.54, 1.807) is 44.2 Å². The summed E-state index contributed by atoms with van der Waals surface area (Å²) in [5, 5.41) is 0. The maximum absolute atomic E-state index is 12.6. The van der Waals surface area contributed by atoms with Crippen molar-refractivity contribution in [3.8, 4) is 0 Å². The fraction of sp³-hybridized carbons (Fsp3) is 0.444. The number of imide groups is 1. The molecule has 0 radical (unpaired) electrons. The average Bonchev–Trinajstić information content (AvgIpc) is 3.05. The number of rotatable bonds is 7. The number of carbonyl (C=O) groups is 4. The van der Waals surface area contributed by atoms with E-state index in [9.17, 15) is 19.2 Å². The molecule has 0 spiro atoms. The minimum atomic E-state index is -0.964. The molecule has 134 valence electrons. The third kappa shape index (κ3) is 4.43. The summed E-state index contributed by atoms with van der Waals surface area (Å²) >= 11 is 0. The number of ether oxygens (including phenoxy) is 2. The predicted octanol–water partition coefficient (Wildman–Crippen LogP) is 2.05. The molecule has 1 fully saturated rings. The van der Waals surface area contributed by atoms with Crippen LogP contribution in [0.2, 0.25) is 0 Å². The second-order valence-electron chi connectivity index (χ2n) is 5.74. The Kier molecular flexibility index (Phi) is 6.27. The highest BCUT2D eigenvalue weighted by molar-refractivity contribution is 6.01. The Bertz CT molecular complexity index is 657. The quantitative estimate of drug-likeness (QED) is 0.554. The zero-order valence-electron chi connectivity index (χ0n) is 14.3. The lowest BCUT2D eigenvalue weighted by molar-refractivity contribution is -0.152. The fourth-order valence-corrected chi connectivity index (χ4v) is 2.68. The molecule has 2 atom stereocenters. The summed E-state index contributed by atoms with van der Waals surface area (Å²) in [5.74, 6) is -3.15. The summed E-state index contributed by atoms with van der Waals surface area (Å²) < 4.78 is 9.76. The summed E-state index contributed by atoms with van der Waals surface area (Å²) in [6.07, 6.45) is -1.01. The Morgan fingerprint density at radius 2 is 1.92 bits per heavy atom. The average molecular weight is 347 g/mol. The van der Waals surface area contributed by atoms with Gasteiger partial charge >= 0.3 is 12.1 Å². The van der Waals surface area contributed by atoms with Gasteiger partial charge in [0.1, 0.15) is 6.61 Å². The molecular weight excluding hydrogens is 326 g/mol. The van der Waals surface area contributed by atoms with Crippen LogP contribution >= 0.6 is 0 Å². The molecule has 7 heteroatoms. The lowest BCUT2D eigenvalue weighted by atomic mass is 9.84. The molecule has 0 unspecified atom stereocenters. The van der Waals surface area contributed by atoms with Crippen molar-refractivity contribution in [1.29, 1.82) is 0 Å². The van der Waals surface area contributed by atoms with Crippen LogP contribution in [0.25, 0.3) is 0 Å². The summed E-state index contributed by atoms with van der Waals surface area (Å²) in [6.45, 7) is 3.66. The van der Waals surface area contributed by atoms with E-state index in [-0.39, 0.29) is 32.0 Å². The lowest BCUT2D eigenvalue weighted by Gasteiger charge is -2.22. The molecule has 2 amide bonds. The highest BCUT2D eigenvalue weighted by atomic mass is 16.6. The van der Waals surface area contributed by atoms with Crippen molar-refractivity contribution in [2.75, 3.05) is 19.8 Å². The normalized spacial score (nSPS) is 16.1. The van der Waals surface area contributed by atoms with E-state index in [2.05, 4.69) is 0 Å². The number of amides is 2. The zero-order valence-corrected chi connectivity index (χ0v) is 14.3. The molecule has 1 saturated heterocycles. The van der Waals surface area contributed by atoms with E-state index < -0.39 is 29.8 Å². The maximum atomic E-state index is 12.6. The number of cyclic esters (lactones) is 1. The van der Waals surface area contributed by atoms with Crippen LogP contribution in [0.5, 0.6) is 0 Å². The maximum Gasteiger partial charge on any atom is 0.416 e. The Hall–Kier alpha value is -2.70. The van der Waals surface area contributed by atoms with E-state index >= 15 is 0 Å². The molecule has 1 aromatic rings. The molecule has 1 heterocycles. The van der Waals surface area contributed by atoms with E-state index in [4.69, 9.17) is 9.47 Å². The highest BCUT2D eigenvalue weighted by Crippen LogP contribution is 2.24. The molecule has 0 N–H and O–H groups in total. The number of Topliss-reactive ketones (excluding diaryl/α,β-unsaturated/α-hetero) is 1. The fourth-order valence-electron chi connectivity index (χ4n) is 2.68. The van der Waals surface area contributed by atoms with Crippen LogP contribution in [0.1, 0.15) is 30.6 Å². The molecular formula is C18H21NO6. The van der Waals surface area contributed by atoms with Gasteiger partial charge in [-0.05, 0) is 6.92 Å². The Morgan fingerprint density at radius 1 is 1.24 bits per heavy atom. The van der Waals surface area contributed by atoms with Crippen molar-refractivity contribution in [2.45, 2.75) is 20.3 Å². The molecule has 25 heavy (non-hydrogen) atoms. The molecule has 0 aliphatic carbocycles. The lowest BCUT2D eigenvalue weighted by Crippen LogP contribution is -2.38. The van der Waals surface area contributed by atoms with Gasteiger partial charge in [0.05, 0.1) is 19.1 Å². The van der Waals surface area contributed by atoms with Gasteiger partial charge in [0.15, 0.2) is 5.78 Å². The van der Waals surface area contributed by atoms with Crippen LogP contribution in [0.4, 0.5) is 4.79 Å². The van der Waals surface area contributed by atoms with E-state index in [1.807, 2.05) is 0 Å². The SMILES string of the molecule is CCOC(=O)[C@@H](CC(=O)N1CCOC1=O)[C@H](C)C(=O)c1ccccc1. The zero-order chi connectivity index (χ0) is 18.4. The number of hydrogen-bond acceptors (Lipinski definition) is 6. The first-order valence-electron chi connectivity index (χ1n) is 8.18. The third-order valence-electron chi connectivity index (χ3n) is 4.12. The van der Waals surface area contributed by atoms with Gasteiger partial charge in [0.2, 0.25) is 5.91 Å². The number of nitrogens with zero attached hydrogens (tertiary/aromatic N) is 1. The summed E-state index contributed by atoms with van der Waals surface area (Å²) in [4.78, 5) is 49.7. The second-order valence-corrected chi connectivity index (χ2v) is 5.74. The standard InChI is InChI=1S/C18H21NO6/c1-3-24-17(22)14(11-15(20)19-9-10-25-18(19)23)12(2)16(21)13-7-5-4-6-8-13/h4-8,12,14H,3,9-11H2,1-2H3/t12-,14-/m0/s1. The molecule has 1 aromatic carbocycles. The number of carbonyl (C=O) groups excluding carboxylic acids is 4. The Labute approximate surface area is 145 Å². The van der Waals surface area contributed by atoms with Gasteiger partial charge < -0.3 is 9.47 Å². The van der Waals surface area contributed by atoms with Gasteiger partial charge in [-0.25, -0.2) is 9.69 Å². The number of esters is 1. The van der Waals surface area contributed by atoms with Crippen LogP contribution in [0, 0.1) is 11.8 Å². The number of hydrogen-bond donors (Lipinski definition) is 0. The van der Waals surface area contributed by atoms with Gasteiger partial charge in [-0.15, -0.1) is 0 Å². The van der Waals surface area contributed by atoms with Gasteiger partial charge in [-0.1, -0.05) is 37.3 Å². The minimum absolute atomic E-state index is 0.132. The smallest absolute Gasteiger partial charge is 0.416 e. The topological polar surface area (TPSA) is 90.0 Å². The van der Waals surface area contributed by atoms with Crippen LogP contribution in [0.3, 0.4) is 0 Å². The predicted molar refractivity (Wildman–Crippen MR) is 87.7 cm³/mol. The van der Waals surface area contributed by atoms with Crippen molar-refractivity contribution in [1.82, 2.24) is 4.90 Å². The first-order valence-corrected chi connectivity index (χ1v) is 8.18. The second kappa shape index (κ2) is 8.41. The van der Waals surface area contributed by atoms with Crippen molar-refractivity contribution in [3.05, 3.63) is 35.9 Å². The summed E-state index contributed by atoms with van der Waals surface area (Å²) in [5.41, 5.74) is 0.456. The van der Waals surface area contributed by atoms with Gasteiger partial charge in [-0.2, -0.15) is 0 Å². The molecule has 2 rings (SSSR count). The molecule has 0 bridgehead atoms. The first kappa shape index (κ1) is 18.6. The van der Waals surface area contributed by atoms with Crippen molar-refractivity contribution in [3.63, 3.8) is 0 Å². The Morgan fingerprint density at radius 3 is 2.48 bits per heavy atom. The van der Waals surface area contributed by atoms with Gasteiger partial charge in [0.25, 0.3) is 0 Å². The molecule has 1 aliphatic heterocycles. The van der Waals surface area contributed by atoms with Gasteiger partial charge in [-0.3, -0.25) is 14.4 Å². The first-order chi connectivity index (χ1) is 12.0. The van der Waals surface area contributed by atoms with E-state index in [0.29, 0.717) is 5.56 Å². The number of benzene rings is 1. The van der Waals surface area contributed by atoms with Crippen molar-refractivity contribution < 1.29 is 28.7 Å². The summed E-state index contributed by atoms with van der Waals surface area (Å²) in [7, 11) is 0. The van der Waals surface area contributed by atoms with E-state index in [1.165, 1.54) is 0 Å². The molecule has 0 aromatic heterocycles. The monoisotopic (exact) mass is 347 g/mol. The van der Waals surface area contributed by atoms with Crippen LogP contribution in [-0.2, 0) is 19.1 Å². The number of ketones is 1. The van der Waals surface area contributed by atoms with Crippen molar-refractivity contribution in [2.24, 2.45) is 11.8 Å². The third-order valence-corrected chi connectivity index (χ3v) is 4.12. The Balaban J connectivity index is 2.17. The van der Waals surface area contributed by atoms with Crippen LogP contribution < -0.4 is 0 Å². The highest BCUT2D eigenvalue weighted by Gasteiger charge is 2.37. The molecule has 7 nitrogen and oxygen atoms in total.